The van der Waals surface area contributed by atoms with Crippen molar-refractivity contribution in [2.45, 2.75) is 52.1 Å². The van der Waals surface area contributed by atoms with Crippen molar-refractivity contribution in [3.05, 3.63) is 30.1 Å². The third-order valence-corrected chi connectivity index (χ3v) is 4.51. The third-order valence-electron chi connectivity index (χ3n) is 4.51. The molecule has 0 radical (unpaired) electrons. The number of hydrazine groups is 1. The van der Waals surface area contributed by atoms with Crippen molar-refractivity contribution in [2.75, 3.05) is 11.2 Å². The van der Waals surface area contributed by atoms with E-state index in [-0.39, 0.29) is 0 Å². The van der Waals surface area contributed by atoms with Crippen molar-refractivity contribution in [3.8, 4) is 0 Å². The van der Waals surface area contributed by atoms with Crippen LogP contribution >= 0.6 is 0 Å². The monoisotopic (exact) mass is 284 g/mol. The maximum Gasteiger partial charge on any atom is 0.0571 e. The Morgan fingerprint density at radius 3 is 2.62 bits per heavy atom. The molecule has 1 aliphatic heterocycles. The SMILES string of the molecule is Cc1cc2c(NN3C(C)CCCC3C)ccc(N)c2cn1. The summed E-state index contributed by atoms with van der Waals surface area (Å²) in [4.78, 5) is 4.36. The van der Waals surface area contributed by atoms with Gasteiger partial charge >= 0.3 is 0 Å². The summed E-state index contributed by atoms with van der Waals surface area (Å²) in [5.41, 5.74) is 12.6. The molecule has 3 N–H and O–H groups in total. The number of hydrogen-bond acceptors (Lipinski definition) is 4. The maximum absolute atomic E-state index is 6.08. The molecule has 2 atom stereocenters. The molecule has 1 fully saturated rings. The fourth-order valence-electron chi connectivity index (χ4n) is 3.24. The Kier molecular flexibility index (Phi) is 3.72. The number of nitrogen functional groups attached to an aromatic ring is 1. The van der Waals surface area contributed by atoms with Crippen molar-refractivity contribution in [1.82, 2.24) is 9.99 Å². The normalized spacial score (nSPS) is 23.4. The Hall–Kier alpha value is -1.81. The number of hydrogen-bond donors (Lipinski definition) is 2. The van der Waals surface area contributed by atoms with Crippen LogP contribution in [-0.2, 0) is 0 Å². The van der Waals surface area contributed by atoms with Gasteiger partial charge in [-0.1, -0.05) is 6.42 Å². The second-order valence-electron chi connectivity index (χ2n) is 6.22. The fourth-order valence-corrected chi connectivity index (χ4v) is 3.24. The van der Waals surface area contributed by atoms with Crippen LogP contribution in [-0.4, -0.2) is 22.1 Å². The van der Waals surface area contributed by atoms with Crippen molar-refractivity contribution in [3.63, 3.8) is 0 Å². The molecule has 1 saturated heterocycles. The molecule has 2 unspecified atom stereocenters. The largest absolute Gasteiger partial charge is 0.398 e. The predicted molar refractivity (Wildman–Crippen MR) is 89.1 cm³/mol. The van der Waals surface area contributed by atoms with Gasteiger partial charge in [0.25, 0.3) is 0 Å². The van der Waals surface area contributed by atoms with Gasteiger partial charge in [0.15, 0.2) is 0 Å². The van der Waals surface area contributed by atoms with Gasteiger partial charge in [-0.3, -0.25) is 4.98 Å². The number of nitrogens with one attached hydrogen (secondary N) is 1. The zero-order chi connectivity index (χ0) is 15.0. The minimum absolute atomic E-state index is 0.546. The van der Waals surface area contributed by atoms with E-state index in [2.05, 4.69) is 41.4 Å². The van der Waals surface area contributed by atoms with Crippen molar-refractivity contribution < 1.29 is 0 Å². The summed E-state index contributed by atoms with van der Waals surface area (Å²) < 4.78 is 0. The first-order valence-electron chi connectivity index (χ1n) is 7.76. The Morgan fingerprint density at radius 2 is 1.90 bits per heavy atom. The molecular formula is C17H24N4. The van der Waals surface area contributed by atoms with Crippen molar-refractivity contribution >= 4 is 22.1 Å². The van der Waals surface area contributed by atoms with E-state index in [0.717, 1.165) is 27.8 Å². The highest BCUT2D eigenvalue weighted by Gasteiger charge is 2.25. The summed E-state index contributed by atoms with van der Waals surface area (Å²) in [7, 11) is 0. The van der Waals surface area contributed by atoms with E-state index < -0.39 is 0 Å². The quantitative estimate of drug-likeness (QED) is 0.825. The number of aryl methyl sites for hydroxylation is 1. The highest BCUT2D eigenvalue weighted by Crippen LogP contribution is 2.31. The first-order valence-corrected chi connectivity index (χ1v) is 7.76. The smallest absolute Gasteiger partial charge is 0.0571 e. The van der Waals surface area contributed by atoms with Gasteiger partial charge in [-0.05, 0) is 51.8 Å². The van der Waals surface area contributed by atoms with Crippen LogP contribution in [0.4, 0.5) is 11.4 Å². The molecule has 0 spiro atoms. The summed E-state index contributed by atoms with van der Waals surface area (Å²) in [5.74, 6) is 0. The minimum atomic E-state index is 0.546. The van der Waals surface area contributed by atoms with Crippen molar-refractivity contribution in [2.24, 2.45) is 0 Å². The maximum atomic E-state index is 6.08. The van der Waals surface area contributed by atoms with Crippen LogP contribution < -0.4 is 11.2 Å². The molecule has 0 bridgehead atoms. The van der Waals surface area contributed by atoms with Crippen LogP contribution in [0.2, 0.25) is 0 Å². The molecule has 1 aliphatic rings. The standard InChI is InChI=1S/C17H24N4/c1-11-9-14-15(10-19-11)16(18)7-8-17(14)20-21-12(2)5-4-6-13(21)3/h7-10,12-13,20H,4-6,18H2,1-3H3. The van der Waals surface area contributed by atoms with Crippen molar-refractivity contribution in [1.29, 1.82) is 0 Å². The fraction of sp³-hybridized carbons (Fsp3) is 0.471. The molecule has 112 valence electrons. The molecule has 4 nitrogen and oxygen atoms in total. The second-order valence-corrected chi connectivity index (χ2v) is 6.22. The number of rotatable bonds is 2. The van der Waals surface area contributed by atoms with E-state index in [9.17, 15) is 0 Å². The third kappa shape index (κ3) is 2.68. The van der Waals surface area contributed by atoms with Gasteiger partial charge in [0, 0.05) is 40.4 Å². The van der Waals surface area contributed by atoms with E-state index in [1.54, 1.807) is 0 Å². The molecule has 0 aliphatic carbocycles. The molecule has 3 rings (SSSR count). The Morgan fingerprint density at radius 1 is 1.19 bits per heavy atom. The van der Waals surface area contributed by atoms with Crippen LogP contribution in [0, 0.1) is 6.92 Å². The molecule has 4 heteroatoms. The average Bonchev–Trinajstić information content (AvgIpc) is 2.45. The topological polar surface area (TPSA) is 54.2 Å². The first-order chi connectivity index (χ1) is 10.1. The lowest BCUT2D eigenvalue weighted by Crippen LogP contribution is -2.47. The van der Waals surface area contributed by atoms with E-state index in [1.165, 1.54) is 19.3 Å². The van der Waals surface area contributed by atoms with Gasteiger partial charge in [-0.2, -0.15) is 0 Å². The van der Waals surface area contributed by atoms with Crippen LogP contribution in [0.5, 0.6) is 0 Å². The number of nitrogens with two attached hydrogens (primary N) is 1. The zero-order valence-electron chi connectivity index (χ0n) is 13.1. The zero-order valence-corrected chi connectivity index (χ0v) is 13.1. The number of aromatic nitrogens is 1. The number of anilines is 2. The predicted octanol–water partition coefficient (Wildman–Crippen LogP) is 3.72. The van der Waals surface area contributed by atoms with Gasteiger partial charge in [0.1, 0.15) is 0 Å². The lowest BCUT2D eigenvalue weighted by Gasteiger charge is -2.39. The minimum Gasteiger partial charge on any atom is -0.398 e. The highest BCUT2D eigenvalue weighted by atomic mass is 15.5. The second kappa shape index (κ2) is 5.53. The van der Waals surface area contributed by atoms with Crippen LogP contribution in [0.1, 0.15) is 38.8 Å². The van der Waals surface area contributed by atoms with Gasteiger partial charge in [0.05, 0.1) is 5.69 Å². The summed E-state index contributed by atoms with van der Waals surface area (Å²) in [6.07, 6.45) is 5.66. The van der Waals surface area contributed by atoms with E-state index in [4.69, 9.17) is 5.73 Å². The summed E-state index contributed by atoms with van der Waals surface area (Å²) >= 11 is 0. The number of pyridine rings is 1. The summed E-state index contributed by atoms with van der Waals surface area (Å²) in [6.45, 7) is 6.59. The number of nitrogens with zero attached hydrogens (tertiary/aromatic N) is 2. The van der Waals surface area contributed by atoms with Gasteiger partial charge in [0.2, 0.25) is 0 Å². The Bertz CT molecular complexity index is 643. The number of benzene rings is 1. The van der Waals surface area contributed by atoms with Gasteiger partial charge < -0.3 is 11.2 Å². The molecule has 0 saturated carbocycles. The van der Waals surface area contributed by atoms with Crippen LogP contribution in [0.15, 0.2) is 24.4 Å². The van der Waals surface area contributed by atoms with Crippen LogP contribution in [0.25, 0.3) is 10.8 Å². The van der Waals surface area contributed by atoms with E-state index in [0.29, 0.717) is 12.1 Å². The van der Waals surface area contributed by atoms with E-state index >= 15 is 0 Å². The molecule has 2 heterocycles. The lowest BCUT2D eigenvalue weighted by atomic mass is 9.99. The average molecular weight is 284 g/mol. The summed E-state index contributed by atoms with van der Waals surface area (Å²) in [5, 5.41) is 4.54. The van der Waals surface area contributed by atoms with Crippen LogP contribution in [0.3, 0.4) is 0 Å². The Balaban J connectivity index is 2.00. The molecule has 1 aromatic carbocycles. The summed E-state index contributed by atoms with van der Waals surface area (Å²) in [6, 6.07) is 7.23. The highest BCUT2D eigenvalue weighted by molar-refractivity contribution is 6.00. The molecule has 0 amide bonds. The number of piperidine rings is 1. The van der Waals surface area contributed by atoms with Gasteiger partial charge in [-0.15, -0.1) is 0 Å². The molecule has 1 aromatic heterocycles. The van der Waals surface area contributed by atoms with E-state index in [1.807, 2.05) is 19.2 Å². The molecule has 21 heavy (non-hydrogen) atoms. The molecular weight excluding hydrogens is 260 g/mol. The lowest BCUT2D eigenvalue weighted by molar-refractivity contribution is 0.136. The van der Waals surface area contributed by atoms with Gasteiger partial charge in [-0.25, -0.2) is 5.01 Å². The first kappa shape index (κ1) is 14.1. The Labute approximate surface area is 126 Å². The molecule has 2 aromatic rings. The number of fused-ring (bicyclic) bond motifs is 1.